The normalized spacial score (nSPS) is 12.4. The van der Waals surface area contributed by atoms with Gasteiger partial charge in [0.2, 0.25) is 15.9 Å². The van der Waals surface area contributed by atoms with Gasteiger partial charge in [-0.15, -0.1) is 11.8 Å². The fourth-order valence-electron chi connectivity index (χ4n) is 2.42. The number of nitrogens with one attached hydrogen (secondary N) is 1. The van der Waals surface area contributed by atoms with E-state index in [0.29, 0.717) is 12.3 Å². The van der Waals surface area contributed by atoms with Gasteiger partial charge in [-0.3, -0.25) is 9.10 Å². The van der Waals surface area contributed by atoms with Crippen molar-refractivity contribution in [1.82, 2.24) is 5.32 Å². The molecule has 0 saturated carbocycles. The van der Waals surface area contributed by atoms with E-state index in [4.69, 9.17) is 0 Å². The van der Waals surface area contributed by atoms with Crippen LogP contribution < -0.4 is 9.62 Å². The highest BCUT2D eigenvalue weighted by atomic mass is 32.2. The summed E-state index contributed by atoms with van der Waals surface area (Å²) >= 11 is 1.58. The number of amides is 1. The van der Waals surface area contributed by atoms with E-state index in [0.717, 1.165) is 21.5 Å². The molecule has 8 heteroatoms. The molecule has 0 aliphatic rings. The Morgan fingerprint density at radius 3 is 2.38 bits per heavy atom. The summed E-state index contributed by atoms with van der Waals surface area (Å²) in [5.41, 5.74) is -0.142. The highest BCUT2D eigenvalue weighted by Crippen LogP contribution is 2.24. The Kier molecular flexibility index (Phi) is 7.05. The minimum atomic E-state index is -3.83. The molecule has 0 aliphatic carbocycles. The summed E-state index contributed by atoms with van der Waals surface area (Å²) in [6.07, 6.45) is 0.953. The fraction of sp³-hybridized carbons (Fsp3) is 0.278. The van der Waals surface area contributed by atoms with Crippen molar-refractivity contribution < 1.29 is 17.6 Å². The maximum absolute atomic E-state index is 14.0. The molecule has 0 bridgehead atoms. The molecule has 2 aromatic rings. The van der Waals surface area contributed by atoms with Crippen molar-refractivity contribution >= 4 is 33.4 Å². The van der Waals surface area contributed by atoms with Crippen LogP contribution in [0.5, 0.6) is 0 Å². The first kappa shape index (κ1) is 20.3. The lowest BCUT2D eigenvalue weighted by atomic mass is 10.2. The Labute approximate surface area is 157 Å². The lowest BCUT2D eigenvalue weighted by Gasteiger charge is -2.28. The van der Waals surface area contributed by atoms with E-state index in [2.05, 4.69) is 5.32 Å². The SMILES string of the molecule is CC(C(=O)NCCSc1ccccc1)N(c1ccccc1F)S(C)(=O)=O. The molecule has 5 nitrogen and oxygen atoms in total. The number of nitrogens with zero attached hydrogens (tertiary/aromatic N) is 1. The Balaban J connectivity index is 2.00. The topological polar surface area (TPSA) is 66.5 Å². The molecule has 0 spiro atoms. The van der Waals surface area contributed by atoms with E-state index < -0.39 is 27.8 Å². The van der Waals surface area contributed by atoms with Crippen molar-refractivity contribution in [3.05, 3.63) is 60.4 Å². The van der Waals surface area contributed by atoms with Gasteiger partial charge >= 0.3 is 0 Å². The lowest BCUT2D eigenvalue weighted by molar-refractivity contribution is -0.121. The summed E-state index contributed by atoms with van der Waals surface area (Å²) in [5, 5.41) is 2.71. The standard InChI is InChI=1S/C18H21FN2O3S2/c1-14(18(22)20-12-13-25-15-8-4-3-5-9-15)21(26(2,23)24)17-11-7-6-10-16(17)19/h3-11,14H,12-13H2,1-2H3,(H,20,22). The average Bonchev–Trinajstić information content (AvgIpc) is 2.60. The van der Waals surface area contributed by atoms with E-state index in [9.17, 15) is 17.6 Å². The van der Waals surface area contributed by atoms with Crippen LogP contribution in [0.1, 0.15) is 6.92 Å². The van der Waals surface area contributed by atoms with E-state index in [1.807, 2.05) is 30.3 Å². The maximum atomic E-state index is 14.0. The molecule has 1 amide bonds. The van der Waals surface area contributed by atoms with Gasteiger partial charge in [-0.2, -0.15) is 0 Å². The summed E-state index contributed by atoms with van der Waals surface area (Å²) < 4.78 is 39.1. The van der Waals surface area contributed by atoms with Gasteiger partial charge in [-0.05, 0) is 31.2 Å². The highest BCUT2D eigenvalue weighted by molar-refractivity contribution is 7.99. The number of thioether (sulfide) groups is 1. The molecule has 1 N–H and O–H groups in total. The second-order valence-electron chi connectivity index (χ2n) is 5.64. The second-order valence-corrected chi connectivity index (χ2v) is 8.67. The fourth-order valence-corrected chi connectivity index (χ4v) is 4.38. The quantitative estimate of drug-likeness (QED) is 0.550. The Morgan fingerprint density at radius 1 is 1.15 bits per heavy atom. The zero-order valence-corrected chi connectivity index (χ0v) is 16.2. The predicted octanol–water partition coefficient (Wildman–Crippen LogP) is 2.89. The van der Waals surface area contributed by atoms with E-state index in [-0.39, 0.29) is 5.69 Å². The van der Waals surface area contributed by atoms with Crippen LogP contribution in [-0.4, -0.2) is 38.9 Å². The smallest absolute Gasteiger partial charge is 0.243 e. The van der Waals surface area contributed by atoms with E-state index >= 15 is 0 Å². The van der Waals surface area contributed by atoms with Crippen molar-refractivity contribution in [3.8, 4) is 0 Å². The average molecular weight is 397 g/mol. The van der Waals surface area contributed by atoms with Crippen LogP contribution in [0.3, 0.4) is 0 Å². The van der Waals surface area contributed by atoms with Crippen LogP contribution >= 0.6 is 11.8 Å². The first-order chi connectivity index (χ1) is 12.3. The molecule has 0 aliphatic heterocycles. The number of carbonyl (C=O) groups is 1. The first-order valence-electron chi connectivity index (χ1n) is 8.00. The van der Waals surface area contributed by atoms with Crippen LogP contribution in [0, 0.1) is 5.82 Å². The van der Waals surface area contributed by atoms with Gasteiger partial charge in [0, 0.05) is 17.2 Å². The van der Waals surface area contributed by atoms with Crippen molar-refractivity contribution in [3.63, 3.8) is 0 Å². The van der Waals surface area contributed by atoms with Gasteiger partial charge in [0.05, 0.1) is 11.9 Å². The number of hydrogen-bond donors (Lipinski definition) is 1. The number of halogens is 1. The van der Waals surface area contributed by atoms with E-state index in [1.165, 1.54) is 25.1 Å². The van der Waals surface area contributed by atoms with Crippen molar-refractivity contribution in [2.45, 2.75) is 17.9 Å². The molecule has 1 atom stereocenters. The predicted molar refractivity (Wildman–Crippen MR) is 103 cm³/mol. The van der Waals surface area contributed by atoms with Crippen molar-refractivity contribution in [2.24, 2.45) is 0 Å². The molecule has 2 rings (SSSR count). The largest absolute Gasteiger partial charge is 0.353 e. The van der Waals surface area contributed by atoms with Crippen LogP contribution in [0.25, 0.3) is 0 Å². The lowest BCUT2D eigenvalue weighted by Crippen LogP contribution is -2.48. The maximum Gasteiger partial charge on any atom is 0.243 e. The summed E-state index contributed by atoms with van der Waals surface area (Å²) in [4.78, 5) is 13.5. The van der Waals surface area contributed by atoms with Gasteiger partial charge in [0.25, 0.3) is 0 Å². The zero-order valence-electron chi connectivity index (χ0n) is 14.6. The van der Waals surface area contributed by atoms with Crippen LogP contribution in [0.2, 0.25) is 0 Å². The Bertz CT molecular complexity index is 845. The number of carbonyl (C=O) groups excluding carboxylic acids is 1. The molecule has 2 aromatic carbocycles. The Hall–Kier alpha value is -2.06. The number of sulfonamides is 1. The number of para-hydroxylation sites is 1. The molecule has 0 heterocycles. The molecule has 0 radical (unpaired) electrons. The number of anilines is 1. The molecule has 26 heavy (non-hydrogen) atoms. The zero-order chi connectivity index (χ0) is 19.2. The van der Waals surface area contributed by atoms with Crippen molar-refractivity contribution in [1.29, 1.82) is 0 Å². The van der Waals surface area contributed by atoms with Gasteiger partial charge in [0.15, 0.2) is 0 Å². The molecule has 0 fully saturated rings. The monoisotopic (exact) mass is 396 g/mol. The van der Waals surface area contributed by atoms with Gasteiger partial charge < -0.3 is 5.32 Å². The number of rotatable bonds is 8. The minimum absolute atomic E-state index is 0.142. The second kappa shape index (κ2) is 9.05. The summed E-state index contributed by atoms with van der Waals surface area (Å²) in [7, 11) is -3.83. The number of benzene rings is 2. The molecule has 0 aromatic heterocycles. The third kappa shape index (κ3) is 5.47. The van der Waals surface area contributed by atoms with E-state index in [1.54, 1.807) is 11.8 Å². The van der Waals surface area contributed by atoms with Crippen molar-refractivity contribution in [2.75, 3.05) is 22.9 Å². The van der Waals surface area contributed by atoms with Gasteiger partial charge in [-0.25, -0.2) is 12.8 Å². The van der Waals surface area contributed by atoms with Gasteiger partial charge in [0.1, 0.15) is 11.9 Å². The molecule has 0 saturated heterocycles. The highest BCUT2D eigenvalue weighted by Gasteiger charge is 2.30. The molecule has 1 unspecified atom stereocenters. The first-order valence-corrected chi connectivity index (χ1v) is 10.8. The number of hydrogen-bond acceptors (Lipinski definition) is 4. The summed E-state index contributed by atoms with van der Waals surface area (Å²) in [6.45, 7) is 1.81. The third-order valence-corrected chi connectivity index (χ3v) is 5.83. The molecule has 140 valence electrons. The minimum Gasteiger partial charge on any atom is -0.353 e. The Morgan fingerprint density at radius 2 is 1.77 bits per heavy atom. The summed E-state index contributed by atoms with van der Waals surface area (Å²) in [6, 6.07) is 14.2. The third-order valence-electron chi connectivity index (χ3n) is 3.59. The summed E-state index contributed by atoms with van der Waals surface area (Å²) in [5.74, 6) is -0.536. The van der Waals surface area contributed by atoms with Gasteiger partial charge in [-0.1, -0.05) is 30.3 Å². The molecular formula is C18H21FN2O3S2. The van der Waals surface area contributed by atoms with Crippen LogP contribution in [0.4, 0.5) is 10.1 Å². The molecular weight excluding hydrogens is 375 g/mol. The van der Waals surface area contributed by atoms with Crippen LogP contribution in [0.15, 0.2) is 59.5 Å². The van der Waals surface area contributed by atoms with Crippen LogP contribution in [-0.2, 0) is 14.8 Å².